The molecule has 1 nitrogen and oxygen atoms in total. The Morgan fingerprint density at radius 1 is 1.11 bits per heavy atom. The van der Waals surface area contributed by atoms with Crippen LogP contribution < -0.4 is 0 Å². The van der Waals surface area contributed by atoms with E-state index in [9.17, 15) is 13.9 Å². The number of hydrogen-bond acceptors (Lipinski definition) is 1. The largest absolute Gasteiger partial charge is 0.383 e. The Bertz CT molecular complexity index is 626. The van der Waals surface area contributed by atoms with Crippen molar-refractivity contribution in [1.29, 1.82) is 0 Å². The van der Waals surface area contributed by atoms with Crippen LogP contribution in [-0.4, -0.2) is 5.11 Å². The quantitative estimate of drug-likeness (QED) is 0.870. The fraction of sp³-hybridized carbons (Fsp3) is 0.200. The van der Waals surface area contributed by atoms with E-state index in [1.807, 2.05) is 6.92 Å². The van der Waals surface area contributed by atoms with Crippen molar-refractivity contribution in [3.8, 4) is 0 Å². The van der Waals surface area contributed by atoms with Gasteiger partial charge in [0.2, 0.25) is 0 Å². The Kier molecular flexibility index (Phi) is 3.88. The van der Waals surface area contributed by atoms with Crippen molar-refractivity contribution in [2.45, 2.75) is 20.0 Å². The number of benzene rings is 2. The smallest absolute Gasteiger partial charge is 0.135 e. The molecule has 0 aliphatic rings. The van der Waals surface area contributed by atoms with Crippen molar-refractivity contribution >= 4 is 11.6 Å². The molecule has 1 N–H and O–H groups in total. The van der Waals surface area contributed by atoms with Gasteiger partial charge in [-0.2, -0.15) is 0 Å². The van der Waals surface area contributed by atoms with Crippen LogP contribution in [-0.2, 0) is 0 Å². The van der Waals surface area contributed by atoms with Crippen LogP contribution in [0.5, 0.6) is 0 Å². The minimum atomic E-state index is -1.42. The zero-order valence-corrected chi connectivity index (χ0v) is 11.3. The van der Waals surface area contributed by atoms with E-state index in [1.54, 1.807) is 18.2 Å². The third kappa shape index (κ3) is 2.62. The Labute approximate surface area is 115 Å². The van der Waals surface area contributed by atoms with E-state index < -0.39 is 17.7 Å². The molecule has 0 spiro atoms. The molecule has 0 saturated heterocycles. The van der Waals surface area contributed by atoms with Crippen LogP contribution in [0.2, 0.25) is 5.02 Å². The summed E-state index contributed by atoms with van der Waals surface area (Å²) in [6, 6.07) is 7.42. The molecule has 19 heavy (non-hydrogen) atoms. The first kappa shape index (κ1) is 14.0. The molecule has 2 rings (SSSR count). The normalized spacial score (nSPS) is 12.5. The fourth-order valence-electron chi connectivity index (χ4n) is 1.94. The minimum absolute atomic E-state index is 0.277. The molecular weight excluding hydrogens is 270 g/mol. The van der Waals surface area contributed by atoms with Gasteiger partial charge in [0, 0.05) is 10.6 Å². The summed E-state index contributed by atoms with van der Waals surface area (Å²) in [5, 5.41) is 10.5. The second-order valence-electron chi connectivity index (χ2n) is 4.52. The molecule has 0 radical (unpaired) electrons. The van der Waals surface area contributed by atoms with Crippen LogP contribution in [0.25, 0.3) is 0 Å². The van der Waals surface area contributed by atoms with Gasteiger partial charge in [-0.15, -0.1) is 0 Å². The molecule has 0 fully saturated rings. The lowest BCUT2D eigenvalue weighted by molar-refractivity contribution is 0.209. The molecule has 100 valence electrons. The third-order valence-corrected chi connectivity index (χ3v) is 3.37. The maximum Gasteiger partial charge on any atom is 0.135 e. The van der Waals surface area contributed by atoms with Gasteiger partial charge in [0.1, 0.15) is 17.7 Å². The average Bonchev–Trinajstić information content (AvgIpc) is 2.34. The lowest BCUT2D eigenvalue weighted by Crippen LogP contribution is -2.07. The van der Waals surface area contributed by atoms with Crippen molar-refractivity contribution < 1.29 is 13.9 Å². The van der Waals surface area contributed by atoms with Crippen LogP contribution in [0.15, 0.2) is 30.3 Å². The average molecular weight is 283 g/mol. The predicted molar refractivity (Wildman–Crippen MR) is 71.3 cm³/mol. The van der Waals surface area contributed by atoms with E-state index in [2.05, 4.69) is 0 Å². The Hall–Kier alpha value is -1.45. The topological polar surface area (TPSA) is 20.2 Å². The van der Waals surface area contributed by atoms with Crippen LogP contribution in [0.3, 0.4) is 0 Å². The van der Waals surface area contributed by atoms with Crippen molar-refractivity contribution in [3.63, 3.8) is 0 Å². The SMILES string of the molecule is Cc1ccc(C(O)c2c(F)ccc(C)c2F)c(Cl)c1. The highest BCUT2D eigenvalue weighted by molar-refractivity contribution is 6.31. The van der Waals surface area contributed by atoms with E-state index in [-0.39, 0.29) is 21.7 Å². The number of aryl methyl sites for hydroxylation is 2. The molecule has 0 heterocycles. The lowest BCUT2D eigenvalue weighted by Gasteiger charge is -2.16. The van der Waals surface area contributed by atoms with E-state index >= 15 is 0 Å². The summed E-state index contributed by atoms with van der Waals surface area (Å²) < 4.78 is 27.7. The summed E-state index contributed by atoms with van der Waals surface area (Å²) in [6.07, 6.45) is -1.42. The highest BCUT2D eigenvalue weighted by Gasteiger charge is 2.22. The maximum atomic E-state index is 14.0. The molecule has 0 bridgehead atoms. The fourth-order valence-corrected chi connectivity index (χ4v) is 2.28. The zero-order valence-electron chi connectivity index (χ0n) is 10.5. The van der Waals surface area contributed by atoms with Crippen molar-refractivity contribution in [1.82, 2.24) is 0 Å². The van der Waals surface area contributed by atoms with E-state index in [0.29, 0.717) is 0 Å². The molecule has 0 amide bonds. The van der Waals surface area contributed by atoms with Crippen molar-refractivity contribution in [3.05, 3.63) is 69.2 Å². The summed E-state index contributed by atoms with van der Waals surface area (Å²) in [4.78, 5) is 0. The van der Waals surface area contributed by atoms with Crippen LogP contribution in [0.1, 0.15) is 28.4 Å². The first-order chi connectivity index (χ1) is 8.91. The first-order valence-electron chi connectivity index (χ1n) is 5.80. The first-order valence-corrected chi connectivity index (χ1v) is 6.18. The summed E-state index contributed by atoms with van der Waals surface area (Å²) in [5.74, 6) is -1.53. The Balaban J connectivity index is 2.56. The summed E-state index contributed by atoms with van der Waals surface area (Å²) in [7, 11) is 0. The van der Waals surface area contributed by atoms with Gasteiger partial charge in [0.05, 0.1) is 5.56 Å². The number of aliphatic hydroxyl groups excluding tert-OH is 1. The third-order valence-electron chi connectivity index (χ3n) is 3.04. The maximum absolute atomic E-state index is 14.0. The van der Waals surface area contributed by atoms with Gasteiger partial charge < -0.3 is 5.11 Å². The predicted octanol–water partition coefficient (Wildman–Crippen LogP) is 4.32. The van der Waals surface area contributed by atoms with E-state index in [0.717, 1.165) is 11.6 Å². The number of hydrogen-bond donors (Lipinski definition) is 1. The van der Waals surface area contributed by atoms with Gasteiger partial charge in [-0.05, 0) is 37.1 Å². The monoisotopic (exact) mass is 282 g/mol. The number of rotatable bonds is 2. The van der Waals surface area contributed by atoms with Gasteiger partial charge >= 0.3 is 0 Å². The summed E-state index contributed by atoms with van der Waals surface area (Å²) >= 11 is 6.01. The molecule has 2 aromatic carbocycles. The Morgan fingerprint density at radius 3 is 2.42 bits per heavy atom. The highest BCUT2D eigenvalue weighted by atomic mass is 35.5. The minimum Gasteiger partial charge on any atom is -0.383 e. The van der Waals surface area contributed by atoms with Crippen molar-refractivity contribution in [2.24, 2.45) is 0 Å². The summed E-state index contributed by atoms with van der Waals surface area (Å²) in [5.41, 5.74) is 1.10. The van der Waals surface area contributed by atoms with Crippen molar-refractivity contribution in [2.75, 3.05) is 0 Å². The highest BCUT2D eigenvalue weighted by Crippen LogP contribution is 2.32. The van der Waals surface area contributed by atoms with Gasteiger partial charge in [-0.3, -0.25) is 0 Å². The molecule has 0 aliphatic carbocycles. The van der Waals surface area contributed by atoms with Crippen LogP contribution >= 0.6 is 11.6 Å². The molecular formula is C15H13ClF2O. The molecule has 0 aromatic heterocycles. The number of halogens is 3. The zero-order chi connectivity index (χ0) is 14.2. The van der Waals surface area contributed by atoms with Crippen LogP contribution in [0, 0.1) is 25.5 Å². The van der Waals surface area contributed by atoms with E-state index in [1.165, 1.54) is 13.0 Å². The lowest BCUT2D eigenvalue weighted by atomic mass is 9.98. The van der Waals surface area contributed by atoms with Crippen LogP contribution in [0.4, 0.5) is 8.78 Å². The standard InChI is InChI=1S/C15H13ClF2O/c1-8-3-5-10(11(16)7-8)15(19)13-12(17)6-4-9(2)14(13)18/h3-7,15,19H,1-2H3. The molecule has 2 aromatic rings. The molecule has 0 aliphatic heterocycles. The van der Waals surface area contributed by atoms with Gasteiger partial charge in [-0.1, -0.05) is 29.8 Å². The van der Waals surface area contributed by atoms with E-state index in [4.69, 9.17) is 11.6 Å². The molecule has 4 heteroatoms. The molecule has 1 atom stereocenters. The van der Waals surface area contributed by atoms with Gasteiger partial charge in [-0.25, -0.2) is 8.78 Å². The summed E-state index contributed by atoms with van der Waals surface area (Å²) in [6.45, 7) is 3.36. The number of aliphatic hydroxyl groups is 1. The van der Waals surface area contributed by atoms with Gasteiger partial charge in [0.25, 0.3) is 0 Å². The second kappa shape index (κ2) is 5.27. The Morgan fingerprint density at radius 2 is 1.79 bits per heavy atom. The molecule has 0 saturated carbocycles. The van der Waals surface area contributed by atoms with Gasteiger partial charge in [0.15, 0.2) is 0 Å². The molecule has 1 unspecified atom stereocenters. The second-order valence-corrected chi connectivity index (χ2v) is 4.93.